The molecular weight excluding hydrogens is 178 g/mol. The summed E-state index contributed by atoms with van der Waals surface area (Å²) in [6.45, 7) is 0. The lowest BCUT2D eigenvalue weighted by molar-refractivity contribution is 0.656. The normalized spacial score (nSPS) is 10.0. The van der Waals surface area contributed by atoms with Gasteiger partial charge in [-0.2, -0.15) is 0 Å². The molecule has 0 saturated carbocycles. The fourth-order valence-corrected chi connectivity index (χ4v) is 1.22. The Morgan fingerprint density at radius 2 is 2.29 bits per heavy atom. The molecule has 0 unspecified atom stereocenters. The molecule has 2 rings (SSSR count). The zero-order chi connectivity index (χ0) is 10.1. The van der Waals surface area contributed by atoms with Gasteiger partial charge in [0.05, 0.1) is 5.39 Å². The Hall–Kier alpha value is -2.15. The Kier molecular flexibility index (Phi) is 1.79. The van der Waals surface area contributed by atoms with Crippen molar-refractivity contribution in [2.75, 3.05) is 0 Å². The molecule has 0 radical (unpaired) electrons. The maximum absolute atomic E-state index is 11.5. The lowest BCUT2D eigenvalue weighted by Gasteiger charge is -1.98. The predicted octanol–water partition coefficient (Wildman–Crippen LogP) is 0.310. The summed E-state index contributed by atoms with van der Waals surface area (Å²) < 4.78 is 1.19. The SMILES string of the molecule is C#Cc1ccc2c(=O)n(C)nnc2c1. The molecule has 0 bridgehead atoms. The van der Waals surface area contributed by atoms with Gasteiger partial charge in [-0.05, 0) is 18.2 Å². The van der Waals surface area contributed by atoms with E-state index in [1.54, 1.807) is 25.2 Å². The van der Waals surface area contributed by atoms with Gasteiger partial charge >= 0.3 is 0 Å². The Morgan fingerprint density at radius 3 is 3.00 bits per heavy atom. The predicted molar refractivity (Wildman–Crippen MR) is 52.7 cm³/mol. The van der Waals surface area contributed by atoms with E-state index in [2.05, 4.69) is 16.2 Å². The third-order valence-electron chi connectivity index (χ3n) is 1.98. The highest BCUT2D eigenvalue weighted by Crippen LogP contribution is 2.07. The van der Waals surface area contributed by atoms with Crippen LogP contribution in [0.15, 0.2) is 23.0 Å². The van der Waals surface area contributed by atoms with E-state index < -0.39 is 0 Å². The van der Waals surface area contributed by atoms with Gasteiger partial charge in [0, 0.05) is 12.6 Å². The standard InChI is InChI=1S/C10H7N3O/c1-3-7-4-5-8-9(6-7)11-12-13(2)10(8)14/h1,4-6H,2H3. The third-order valence-corrected chi connectivity index (χ3v) is 1.98. The van der Waals surface area contributed by atoms with Crippen molar-refractivity contribution < 1.29 is 0 Å². The first-order chi connectivity index (χ1) is 6.72. The number of aromatic nitrogens is 3. The monoisotopic (exact) mass is 185 g/mol. The Morgan fingerprint density at radius 1 is 1.50 bits per heavy atom. The van der Waals surface area contributed by atoms with Crippen molar-refractivity contribution in [1.29, 1.82) is 0 Å². The number of hydrogen-bond acceptors (Lipinski definition) is 3. The highest BCUT2D eigenvalue weighted by molar-refractivity contribution is 5.78. The van der Waals surface area contributed by atoms with Crippen LogP contribution in [-0.2, 0) is 7.05 Å². The molecule has 14 heavy (non-hydrogen) atoms. The van der Waals surface area contributed by atoms with Crippen LogP contribution in [0, 0.1) is 12.3 Å². The molecule has 0 aliphatic heterocycles. The van der Waals surface area contributed by atoms with E-state index >= 15 is 0 Å². The van der Waals surface area contributed by atoms with Crippen molar-refractivity contribution >= 4 is 10.9 Å². The molecule has 0 spiro atoms. The Balaban J connectivity index is 2.90. The average molecular weight is 185 g/mol. The number of rotatable bonds is 0. The zero-order valence-corrected chi connectivity index (χ0v) is 7.56. The van der Waals surface area contributed by atoms with Gasteiger partial charge in [-0.1, -0.05) is 11.1 Å². The molecule has 0 amide bonds. The summed E-state index contributed by atoms with van der Waals surface area (Å²) >= 11 is 0. The molecule has 2 aromatic rings. The first-order valence-electron chi connectivity index (χ1n) is 4.03. The highest BCUT2D eigenvalue weighted by Gasteiger charge is 2.02. The maximum Gasteiger partial charge on any atom is 0.277 e. The van der Waals surface area contributed by atoms with E-state index in [4.69, 9.17) is 6.42 Å². The molecule has 0 aliphatic carbocycles. The van der Waals surface area contributed by atoms with Gasteiger partial charge in [-0.3, -0.25) is 4.79 Å². The lowest BCUT2D eigenvalue weighted by Crippen LogP contribution is -2.20. The fourth-order valence-electron chi connectivity index (χ4n) is 1.22. The number of fused-ring (bicyclic) bond motifs is 1. The summed E-state index contributed by atoms with van der Waals surface area (Å²) in [4.78, 5) is 11.5. The number of benzene rings is 1. The number of nitrogens with zero attached hydrogens (tertiary/aromatic N) is 3. The van der Waals surface area contributed by atoms with Crippen molar-refractivity contribution in [2.24, 2.45) is 7.05 Å². The van der Waals surface area contributed by atoms with Crippen molar-refractivity contribution in [2.45, 2.75) is 0 Å². The van der Waals surface area contributed by atoms with Gasteiger partial charge in [0.15, 0.2) is 0 Å². The quantitative estimate of drug-likeness (QED) is 0.555. The van der Waals surface area contributed by atoms with E-state index in [1.165, 1.54) is 4.68 Å². The molecule has 68 valence electrons. The van der Waals surface area contributed by atoms with Gasteiger partial charge < -0.3 is 0 Å². The van der Waals surface area contributed by atoms with Crippen molar-refractivity contribution in [1.82, 2.24) is 15.0 Å². The highest BCUT2D eigenvalue weighted by atomic mass is 16.1. The van der Waals surface area contributed by atoms with Crippen LogP contribution in [0.4, 0.5) is 0 Å². The molecule has 4 heteroatoms. The number of aryl methyl sites for hydroxylation is 1. The van der Waals surface area contributed by atoms with E-state index in [1.807, 2.05) is 0 Å². The molecule has 0 fully saturated rings. The van der Waals surface area contributed by atoms with Crippen LogP contribution in [0.1, 0.15) is 5.56 Å². The number of hydrogen-bond donors (Lipinski definition) is 0. The van der Waals surface area contributed by atoms with E-state index in [0.717, 1.165) is 0 Å². The largest absolute Gasteiger partial charge is 0.277 e. The minimum absolute atomic E-state index is 0.168. The zero-order valence-electron chi connectivity index (χ0n) is 7.56. The molecule has 0 N–H and O–H groups in total. The molecule has 1 aromatic carbocycles. The van der Waals surface area contributed by atoms with E-state index in [9.17, 15) is 4.79 Å². The maximum atomic E-state index is 11.5. The smallest absolute Gasteiger partial charge is 0.267 e. The Bertz CT molecular complexity index is 592. The summed E-state index contributed by atoms with van der Waals surface area (Å²) in [5.74, 6) is 2.48. The molecule has 0 saturated heterocycles. The van der Waals surface area contributed by atoms with Gasteiger partial charge in [-0.15, -0.1) is 11.5 Å². The topological polar surface area (TPSA) is 47.8 Å². The fraction of sp³-hybridized carbons (Fsp3) is 0.100. The summed E-state index contributed by atoms with van der Waals surface area (Å²) in [5.41, 5.74) is 1.06. The van der Waals surface area contributed by atoms with Crippen LogP contribution in [-0.4, -0.2) is 15.0 Å². The van der Waals surface area contributed by atoms with E-state index in [-0.39, 0.29) is 5.56 Å². The molecule has 1 aromatic heterocycles. The second kappa shape index (κ2) is 2.96. The second-order valence-corrected chi connectivity index (χ2v) is 2.89. The molecule has 0 atom stereocenters. The lowest BCUT2D eigenvalue weighted by atomic mass is 10.2. The van der Waals surface area contributed by atoms with Crippen molar-refractivity contribution in [3.63, 3.8) is 0 Å². The van der Waals surface area contributed by atoms with Crippen LogP contribution in [0.2, 0.25) is 0 Å². The van der Waals surface area contributed by atoms with Gasteiger partial charge in [0.2, 0.25) is 0 Å². The minimum atomic E-state index is -0.168. The van der Waals surface area contributed by atoms with Crippen molar-refractivity contribution in [3.05, 3.63) is 34.1 Å². The molecule has 4 nitrogen and oxygen atoms in total. The summed E-state index contributed by atoms with van der Waals surface area (Å²) in [5, 5.41) is 8.06. The first-order valence-corrected chi connectivity index (χ1v) is 4.03. The van der Waals surface area contributed by atoms with Crippen LogP contribution in [0.3, 0.4) is 0 Å². The van der Waals surface area contributed by atoms with Gasteiger partial charge in [0.25, 0.3) is 5.56 Å². The van der Waals surface area contributed by atoms with Crippen LogP contribution >= 0.6 is 0 Å². The van der Waals surface area contributed by atoms with Gasteiger partial charge in [0.1, 0.15) is 5.52 Å². The average Bonchev–Trinajstić information content (AvgIpc) is 2.23. The van der Waals surface area contributed by atoms with Crippen molar-refractivity contribution in [3.8, 4) is 12.3 Å². The first kappa shape index (κ1) is 8.45. The van der Waals surface area contributed by atoms with E-state index in [0.29, 0.717) is 16.5 Å². The third kappa shape index (κ3) is 1.15. The summed E-state index contributed by atoms with van der Waals surface area (Å²) in [6, 6.07) is 5.05. The van der Waals surface area contributed by atoms with Crippen LogP contribution < -0.4 is 5.56 Å². The van der Waals surface area contributed by atoms with Crippen LogP contribution in [0.25, 0.3) is 10.9 Å². The minimum Gasteiger partial charge on any atom is -0.267 e. The summed E-state index contributed by atoms with van der Waals surface area (Å²) in [7, 11) is 1.56. The number of terminal acetylenes is 1. The molecular formula is C10H7N3O. The summed E-state index contributed by atoms with van der Waals surface area (Å²) in [6.07, 6.45) is 5.23. The van der Waals surface area contributed by atoms with Crippen LogP contribution in [0.5, 0.6) is 0 Å². The molecule has 0 aliphatic rings. The second-order valence-electron chi connectivity index (χ2n) is 2.89. The Labute approximate surface area is 80.2 Å². The van der Waals surface area contributed by atoms with Gasteiger partial charge in [-0.25, -0.2) is 4.68 Å². The molecule has 1 heterocycles.